The Balaban J connectivity index is 1.96. The van der Waals surface area contributed by atoms with Crippen LogP contribution in [0.4, 0.5) is 11.4 Å². The molecule has 1 N–H and O–H groups in total. The summed E-state index contributed by atoms with van der Waals surface area (Å²) in [4.78, 5) is 13.0. The van der Waals surface area contributed by atoms with Crippen molar-refractivity contribution in [2.24, 2.45) is 0 Å². The molecular weight excluding hydrogens is 464 g/mol. The van der Waals surface area contributed by atoms with Crippen molar-refractivity contribution in [2.45, 2.75) is 18.7 Å². The smallest absolute Gasteiger partial charge is 0.264 e. The number of nitrogens with zero attached hydrogens (tertiary/aromatic N) is 1. The number of carbonyl (C=O) groups is 1. The van der Waals surface area contributed by atoms with E-state index in [0.717, 1.165) is 4.31 Å². The molecule has 0 aliphatic carbocycles. The topological polar surface area (TPSA) is 84.9 Å². The molecule has 3 aromatic rings. The zero-order valence-electron chi connectivity index (χ0n) is 18.3. The molecule has 0 saturated heterocycles. The highest BCUT2D eigenvalue weighted by atomic mass is 35.5. The molecule has 3 rings (SSSR count). The number of halogens is 1. The van der Waals surface area contributed by atoms with Crippen molar-refractivity contribution in [3.8, 4) is 11.5 Å². The molecular formula is C24H25ClN2O5S. The fourth-order valence-corrected chi connectivity index (χ4v) is 4.69. The summed E-state index contributed by atoms with van der Waals surface area (Å²) in [6.45, 7) is 4.02. The van der Waals surface area contributed by atoms with E-state index in [1.54, 1.807) is 55.5 Å². The van der Waals surface area contributed by atoms with Crippen LogP contribution >= 0.6 is 11.6 Å². The predicted octanol–water partition coefficient (Wildman–Crippen LogP) is 4.97. The maximum Gasteiger partial charge on any atom is 0.264 e. The van der Waals surface area contributed by atoms with Gasteiger partial charge in [-0.2, -0.15) is 0 Å². The lowest BCUT2D eigenvalue weighted by Gasteiger charge is -2.26. The maximum absolute atomic E-state index is 13.6. The number of anilines is 2. The van der Waals surface area contributed by atoms with Crippen LogP contribution in [0.3, 0.4) is 0 Å². The molecule has 1 amide bonds. The summed E-state index contributed by atoms with van der Waals surface area (Å²) in [5.41, 5.74) is 0.750. The van der Waals surface area contributed by atoms with E-state index in [0.29, 0.717) is 35.4 Å². The molecule has 174 valence electrons. The third-order valence-corrected chi connectivity index (χ3v) is 6.58. The number of sulfonamides is 1. The Morgan fingerprint density at radius 3 is 2.33 bits per heavy atom. The molecule has 0 fully saturated rings. The highest BCUT2D eigenvalue weighted by Crippen LogP contribution is 2.33. The summed E-state index contributed by atoms with van der Waals surface area (Å²) in [6, 6.07) is 19.3. The summed E-state index contributed by atoms with van der Waals surface area (Å²) in [6.07, 6.45) is 0. The second-order valence-corrected chi connectivity index (χ2v) is 9.17. The number of nitrogens with one attached hydrogen (secondary N) is 1. The largest absolute Gasteiger partial charge is 0.494 e. The van der Waals surface area contributed by atoms with Crippen LogP contribution in [-0.2, 0) is 14.8 Å². The van der Waals surface area contributed by atoms with Crippen LogP contribution in [0, 0.1) is 0 Å². The van der Waals surface area contributed by atoms with Crippen molar-refractivity contribution in [1.29, 1.82) is 0 Å². The number of para-hydroxylation sites is 2. The lowest BCUT2D eigenvalue weighted by molar-refractivity contribution is -0.114. The van der Waals surface area contributed by atoms with Crippen LogP contribution in [0.2, 0.25) is 5.02 Å². The van der Waals surface area contributed by atoms with Crippen molar-refractivity contribution < 1.29 is 22.7 Å². The van der Waals surface area contributed by atoms with Gasteiger partial charge in [0.1, 0.15) is 18.0 Å². The van der Waals surface area contributed by atoms with Gasteiger partial charge in [0.25, 0.3) is 10.0 Å². The van der Waals surface area contributed by atoms with Gasteiger partial charge in [0.2, 0.25) is 5.91 Å². The third kappa shape index (κ3) is 6.18. The monoisotopic (exact) mass is 488 g/mol. The van der Waals surface area contributed by atoms with Crippen molar-refractivity contribution in [3.05, 3.63) is 77.8 Å². The Bertz CT molecular complexity index is 1200. The van der Waals surface area contributed by atoms with Gasteiger partial charge in [-0.1, -0.05) is 29.8 Å². The Labute approximate surface area is 198 Å². The second kappa shape index (κ2) is 11.1. The quantitative estimate of drug-likeness (QED) is 0.435. The molecule has 0 heterocycles. The van der Waals surface area contributed by atoms with Gasteiger partial charge in [0.15, 0.2) is 0 Å². The van der Waals surface area contributed by atoms with Gasteiger partial charge >= 0.3 is 0 Å². The first-order valence-corrected chi connectivity index (χ1v) is 12.2. The van der Waals surface area contributed by atoms with E-state index in [2.05, 4.69) is 5.32 Å². The molecule has 0 aromatic heterocycles. The summed E-state index contributed by atoms with van der Waals surface area (Å²) in [5, 5.41) is 3.14. The van der Waals surface area contributed by atoms with E-state index in [1.807, 2.05) is 6.92 Å². The van der Waals surface area contributed by atoms with Gasteiger partial charge < -0.3 is 14.8 Å². The average molecular weight is 489 g/mol. The predicted molar refractivity (Wildman–Crippen MR) is 130 cm³/mol. The molecule has 0 saturated carbocycles. The van der Waals surface area contributed by atoms with Crippen LogP contribution in [0.25, 0.3) is 0 Å². The molecule has 0 spiro atoms. The van der Waals surface area contributed by atoms with E-state index in [-0.39, 0.29) is 10.6 Å². The van der Waals surface area contributed by atoms with E-state index < -0.39 is 22.5 Å². The van der Waals surface area contributed by atoms with Crippen molar-refractivity contribution in [1.82, 2.24) is 0 Å². The number of rotatable bonds is 10. The zero-order chi connectivity index (χ0) is 23.8. The van der Waals surface area contributed by atoms with E-state index in [4.69, 9.17) is 21.1 Å². The van der Waals surface area contributed by atoms with Crippen LogP contribution in [0.1, 0.15) is 13.8 Å². The number of amides is 1. The normalized spacial score (nSPS) is 11.0. The number of hydrogen-bond donors (Lipinski definition) is 1. The molecule has 0 unspecified atom stereocenters. The number of carbonyl (C=O) groups excluding carboxylic acids is 1. The summed E-state index contributed by atoms with van der Waals surface area (Å²) in [7, 11) is -4.11. The van der Waals surface area contributed by atoms with Crippen LogP contribution in [0.15, 0.2) is 77.7 Å². The highest BCUT2D eigenvalue weighted by Gasteiger charge is 2.29. The Morgan fingerprint density at radius 1 is 0.939 bits per heavy atom. The maximum atomic E-state index is 13.6. The third-order valence-electron chi connectivity index (χ3n) is 4.55. The lowest BCUT2D eigenvalue weighted by atomic mass is 10.3. The van der Waals surface area contributed by atoms with Gasteiger partial charge in [0.05, 0.1) is 23.8 Å². The number of benzene rings is 3. The average Bonchev–Trinajstić information content (AvgIpc) is 2.79. The Morgan fingerprint density at radius 2 is 1.64 bits per heavy atom. The van der Waals surface area contributed by atoms with Gasteiger partial charge in [-0.05, 0) is 62.4 Å². The first-order valence-electron chi connectivity index (χ1n) is 10.4. The zero-order valence-corrected chi connectivity index (χ0v) is 19.9. The summed E-state index contributed by atoms with van der Waals surface area (Å²) >= 11 is 5.93. The van der Waals surface area contributed by atoms with Gasteiger partial charge in [-0.15, -0.1) is 0 Å². The van der Waals surface area contributed by atoms with Crippen molar-refractivity contribution in [3.63, 3.8) is 0 Å². The first-order chi connectivity index (χ1) is 15.8. The van der Waals surface area contributed by atoms with Crippen LogP contribution in [-0.4, -0.2) is 34.1 Å². The van der Waals surface area contributed by atoms with E-state index >= 15 is 0 Å². The Hall–Kier alpha value is -3.23. The number of hydrogen-bond acceptors (Lipinski definition) is 5. The fraction of sp³-hybridized carbons (Fsp3) is 0.208. The Kier molecular flexibility index (Phi) is 8.19. The summed E-state index contributed by atoms with van der Waals surface area (Å²) < 4.78 is 39.2. The molecule has 0 radical (unpaired) electrons. The standard InChI is InChI=1S/C24H25ClN2O5S/c1-3-31-20-9-7-8-19(16-20)26-24(28)17-27(22-10-5-6-11-23(22)32-4-2)33(29,30)21-14-12-18(25)13-15-21/h5-16H,3-4,17H2,1-2H3,(H,26,28). The van der Waals surface area contributed by atoms with Crippen molar-refractivity contribution >= 4 is 38.9 Å². The molecule has 33 heavy (non-hydrogen) atoms. The van der Waals surface area contributed by atoms with Gasteiger partial charge in [0, 0.05) is 16.8 Å². The molecule has 0 bridgehead atoms. The van der Waals surface area contributed by atoms with E-state index in [1.165, 1.54) is 24.3 Å². The molecule has 0 aliphatic heterocycles. The number of ether oxygens (including phenoxy) is 2. The van der Waals surface area contributed by atoms with Crippen LogP contribution in [0.5, 0.6) is 11.5 Å². The van der Waals surface area contributed by atoms with Gasteiger partial charge in [-0.25, -0.2) is 8.42 Å². The van der Waals surface area contributed by atoms with Crippen molar-refractivity contribution in [2.75, 3.05) is 29.4 Å². The van der Waals surface area contributed by atoms with E-state index in [9.17, 15) is 13.2 Å². The summed E-state index contributed by atoms with van der Waals surface area (Å²) in [5.74, 6) is 0.429. The van der Waals surface area contributed by atoms with Crippen LogP contribution < -0.4 is 19.1 Å². The fourth-order valence-electron chi connectivity index (χ4n) is 3.14. The molecule has 9 heteroatoms. The highest BCUT2D eigenvalue weighted by molar-refractivity contribution is 7.92. The SMILES string of the molecule is CCOc1cccc(NC(=O)CN(c2ccccc2OCC)S(=O)(=O)c2ccc(Cl)cc2)c1. The molecule has 0 atom stereocenters. The molecule has 7 nitrogen and oxygen atoms in total. The first kappa shape index (κ1) is 24.4. The minimum Gasteiger partial charge on any atom is -0.494 e. The van der Waals surface area contributed by atoms with Gasteiger partial charge in [-0.3, -0.25) is 9.10 Å². The minimum atomic E-state index is -4.11. The molecule has 3 aromatic carbocycles. The molecule has 0 aliphatic rings. The lowest BCUT2D eigenvalue weighted by Crippen LogP contribution is -2.38. The minimum absolute atomic E-state index is 0.00402. The second-order valence-electron chi connectivity index (χ2n) is 6.88.